The van der Waals surface area contributed by atoms with Crippen LogP contribution in [0.4, 0.5) is 0 Å². The number of hydrogen-bond donors (Lipinski definition) is 2. The molecule has 0 aliphatic heterocycles. The lowest BCUT2D eigenvalue weighted by atomic mass is 10.2. The molecule has 0 saturated heterocycles. The van der Waals surface area contributed by atoms with Crippen LogP contribution in [0.5, 0.6) is 0 Å². The van der Waals surface area contributed by atoms with Crippen LogP contribution in [-0.4, -0.2) is 24.2 Å². The average molecular weight is 197 g/mol. The SMILES string of the molecule is CC(=CC(=O)O)CNCCCC1CC1. The second-order valence-corrected chi connectivity index (χ2v) is 4.09. The van der Waals surface area contributed by atoms with Crippen molar-refractivity contribution >= 4 is 5.97 Å². The van der Waals surface area contributed by atoms with E-state index in [2.05, 4.69) is 5.32 Å². The summed E-state index contributed by atoms with van der Waals surface area (Å²) >= 11 is 0. The fourth-order valence-corrected chi connectivity index (χ4v) is 1.47. The van der Waals surface area contributed by atoms with E-state index in [4.69, 9.17) is 5.11 Å². The number of carboxylic acids is 1. The van der Waals surface area contributed by atoms with Gasteiger partial charge in [-0.15, -0.1) is 0 Å². The van der Waals surface area contributed by atoms with Gasteiger partial charge in [-0.2, -0.15) is 0 Å². The molecule has 0 aromatic rings. The van der Waals surface area contributed by atoms with Crippen LogP contribution in [-0.2, 0) is 4.79 Å². The zero-order valence-corrected chi connectivity index (χ0v) is 8.75. The Morgan fingerprint density at radius 2 is 2.29 bits per heavy atom. The van der Waals surface area contributed by atoms with Gasteiger partial charge in [0.2, 0.25) is 0 Å². The Kier molecular flexibility index (Phi) is 4.66. The van der Waals surface area contributed by atoms with Crippen molar-refractivity contribution in [2.45, 2.75) is 32.6 Å². The average Bonchev–Trinajstić information content (AvgIpc) is 2.86. The molecule has 1 fully saturated rings. The molecule has 0 heterocycles. The molecule has 0 atom stereocenters. The largest absolute Gasteiger partial charge is 0.478 e. The summed E-state index contributed by atoms with van der Waals surface area (Å²) in [6, 6.07) is 0. The predicted molar refractivity (Wildman–Crippen MR) is 56.2 cm³/mol. The molecule has 0 amide bonds. The number of nitrogens with one attached hydrogen (secondary N) is 1. The van der Waals surface area contributed by atoms with Crippen molar-refractivity contribution in [2.75, 3.05) is 13.1 Å². The van der Waals surface area contributed by atoms with Crippen molar-refractivity contribution in [3.8, 4) is 0 Å². The van der Waals surface area contributed by atoms with Crippen molar-refractivity contribution in [1.82, 2.24) is 5.32 Å². The molecule has 0 unspecified atom stereocenters. The van der Waals surface area contributed by atoms with Crippen molar-refractivity contribution in [2.24, 2.45) is 5.92 Å². The van der Waals surface area contributed by atoms with Gasteiger partial charge in [-0.3, -0.25) is 0 Å². The minimum absolute atomic E-state index is 0.691. The summed E-state index contributed by atoms with van der Waals surface area (Å²) in [6.45, 7) is 3.53. The topological polar surface area (TPSA) is 49.3 Å². The summed E-state index contributed by atoms with van der Waals surface area (Å²) in [5, 5.41) is 11.7. The Labute approximate surface area is 85.2 Å². The third kappa shape index (κ3) is 5.75. The zero-order chi connectivity index (χ0) is 10.4. The quantitative estimate of drug-likeness (QED) is 0.483. The van der Waals surface area contributed by atoms with Crippen LogP contribution in [0.25, 0.3) is 0 Å². The van der Waals surface area contributed by atoms with Crippen molar-refractivity contribution in [3.05, 3.63) is 11.6 Å². The highest BCUT2D eigenvalue weighted by Gasteiger charge is 2.19. The van der Waals surface area contributed by atoms with E-state index in [1.807, 2.05) is 6.92 Å². The minimum Gasteiger partial charge on any atom is -0.478 e. The molecule has 0 radical (unpaired) electrons. The van der Waals surface area contributed by atoms with Crippen LogP contribution in [0.3, 0.4) is 0 Å². The second kappa shape index (κ2) is 5.81. The molecule has 14 heavy (non-hydrogen) atoms. The highest BCUT2D eigenvalue weighted by molar-refractivity contribution is 5.80. The van der Waals surface area contributed by atoms with Crippen molar-refractivity contribution < 1.29 is 9.90 Å². The monoisotopic (exact) mass is 197 g/mol. The van der Waals surface area contributed by atoms with Gasteiger partial charge in [-0.1, -0.05) is 18.4 Å². The number of carboxylic acid groups (broad SMARTS) is 1. The van der Waals surface area contributed by atoms with Crippen LogP contribution in [0.15, 0.2) is 11.6 Å². The van der Waals surface area contributed by atoms with E-state index in [0.717, 1.165) is 18.0 Å². The van der Waals surface area contributed by atoms with E-state index in [1.165, 1.54) is 31.8 Å². The molecule has 3 nitrogen and oxygen atoms in total. The van der Waals surface area contributed by atoms with Gasteiger partial charge >= 0.3 is 5.97 Å². The summed E-state index contributed by atoms with van der Waals surface area (Å²) < 4.78 is 0. The van der Waals surface area contributed by atoms with Crippen LogP contribution in [0.2, 0.25) is 0 Å². The smallest absolute Gasteiger partial charge is 0.328 e. The van der Waals surface area contributed by atoms with Crippen molar-refractivity contribution in [3.63, 3.8) is 0 Å². The standard InChI is InChI=1S/C11H19NO2/c1-9(7-11(13)14)8-12-6-2-3-10-4-5-10/h7,10,12H,2-6,8H2,1H3,(H,13,14). The fourth-order valence-electron chi connectivity index (χ4n) is 1.47. The molecule has 2 N–H and O–H groups in total. The molecule has 0 aromatic carbocycles. The summed E-state index contributed by atoms with van der Waals surface area (Å²) in [5.74, 6) is 0.134. The zero-order valence-electron chi connectivity index (χ0n) is 8.75. The Balaban J connectivity index is 1.93. The van der Waals surface area contributed by atoms with Gasteiger partial charge in [0.05, 0.1) is 0 Å². The first-order valence-corrected chi connectivity index (χ1v) is 5.29. The van der Waals surface area contributed by atoms with Crippen LogP contribution in [0, 0.1) is 5.92 Å². The third-order valence-corrected chi connectivity index (χ3v) is 2.44. The highest BCUT2D eigenvalue weighted by Crippen LogP contribution is 2.33. The molecule has 1 aliphatic rings. The maximum atomic E-state index is 10.3. The molecule has 80 valence electrons. The van der Waals surface area contributed by atoms with Gasteiger partial charge < -0.3 is 10.4 Å². The van der Waals surface area contributed by atoms with Crippen LogP contribution < -0.4 is 5.32 Å². The van der Waals surface area contributed by atoms with Gasteiger partial charge in [0, 0.05) is 12.6 Å². The Bertz CT molecular complexity index is 219. The first-order chi connectivity index (χ1) is 6.68. The first-order valence-electron chi connectivity index (χ1n) is 5.29. The normalized spacial score (nSPS) is 17.1. The number of aliphatic carboxylic acids is 1. The summed E-state index contributed by atoms with van der Waals surface area (Å²) in [5.41, 5.74) is 0.879. The first kappa shape index (κ1) is 11.2. The Morgan fingerprint density at radius 1 is 1.57 bits per heavy atom. The maximum absolute atomic E-state index is 10.3. The lowest BCUT2D eigenvalue weighted by Crippen LogP contribution is -2.18. The third-order valence-electron chi connectivity index (χ3n) is 2.44. The summed E-state index contributed by atoms with van der Waals surface area (Å²) in [6.07, 6.45) is 6.63. The molecule has 3 heteroatoms. The van der Waals surface area contributed by atoms with Gasteiger partial charge in [0.15, 0.2) is 0 Å². The van der Waals surface area contributed by atoms with E-state index in [0.29, 0.717) is 6.54 Å². The van der Waals surface area contributed by atoms with Gasteiger partial charge in [0.1, 0.15) is 0 Å². The summed E-state index contributed by atoms with van der Waals surface area (Å²) in [7, 11) is 0. The van der Waals surface area contributed by atoms with Crippen LogP contribution >= 0.6 is 0 Å². The van der Waals surface area contributed by atoms with Gasteiger partial charge in [-0.05, 0) is 32.2 Å². The van der Waals surface area contributed by atoms with Gasteiger partial charge in [-0.25, -0.2) is 4.79 Å². The molecule has 0 aromatic heterocycles. The van der Waals surface area contributed by atoms with Crippen LogP contribution in [0.1, 0.15) is 32.6 Å². The lowest BCUT2D eigenvalue weighted by molar-refractivity contribution is -0.131. The molecular formula is C11H19NO2. The number of hydrogen-bond acceptors (Lipinski definition) is 2. The summed E-state index contributed by atoms with van der Waals surface area (Å²) in [4.78, 5) is 10.3. The highest BCUT2D eigenvalue weighted by atomic mass is 16.4. The van der Waals surface area contributed by atoms with E-state index in [-0.39, 0.29) is 0 Å². The number of carbonyl (C=O) groups is 1. The molecule has 1 aliphatic carbocycles. The molecule has 1 rings (SSSR count). The lowest BCUT2D eigenvalue weighted by Gasteiger charge is -2.03. The Morgan fingerprint density at radius 3 is 2.86 bits per heavy atom. The fraction of sp³-hybridized carbons (Fsp3) is 0.727. The maximum Gasteiger partial charge on any atom is 0.328 e. The van der Waals surface area contributed by atoms with E-state index >= 15 is 0 Å². The Hall–Kier alpha value is -0.830. The molecule has 1 saturated carbocycles. The molecule has 0 spiro atoms. The minimum atomic E-state index is -0.859. The van der Waals surface area contributed by atoms with E-state index in [9.17, 15) is 4.79 Å². The predicted octanol–water partition coefficient (Wildman–Crippen LogP) is 1.80. The van der Waals surface area contributed by atoms with E-state index in [1.54, 1.807) is 0 Å². The van der Waals surface area contributed by atoms with Crippen molar-refractivity contribution in [1.29, 1.82) is 0 Å². The van der Waals surface area contributed by atoms with E-state index < -0.39 is 5.97 Å². The second-order valence-electron chi connectivity index (χ2n) is 4.09. The molecular weight excluding hydrogens is 178 g/mol. The molecule has 0 bridgehead atoms. The number of rotatable bonds is 7. The van der Waals surface area contributed by atoms with Gasteiger partial charge in [0.25, 0.3) is 0 Å².